The van der Waals surface area contributed by atoms with Crippen molar-refractivity contribution in [2.24, 2.45) is 0 Å². The maximum absolute atomic E-state index is 12.7. The Kier molecular flexibility index (Phi) is 5.48. The molecule has 1 aromatic carbocycles. The number of sulfonamides is 1. The van der Waals surface area contributed by atoms with Crippen LogP contribution < -0.4 is 0 Å². The summed E-state index contributed by atoms with van der Waals surface area (Å²) in [7, 11) is -3.53. The third kappa shape index (κ3) is 4.09. The van der Waals surface area contributed by atoms with Crippen LogP contribution in [0.3, 0.4) is 0 Å². The van der Waals surface area contributed by atoms with Crippen LogP contribution in [0.2, 0.25) is 5.02 Å². The van der Waals surface area contributed by atoms with Crippen LogP contribution in [0.5, 0.6) is 0 Å². The lowest BCUT2D eigenvalue weighted by atomic mass is 9.92. The number of hydrogen-bond donors (Lipinski definition) is 1. The third-order valence-corrected chi connectivity index (χ3v) is 6.89. The molecule has 2 aliphatic rings. The lowest BCUT2D eigenvalue weighted by Gasteiger charge is -2.41. The zero-order chi connectivity index (χ0) is 17.2. The van der Waals surface area contributed by atoms with Gasteiger partial charge < -0.3 is 9.84 Å². The topological polar surface area (TPSA) is 70.1 Å². The number of aliphatic hydroxyl groups is 1. The van der Waals surface area contributed by atoms with Crippen LogP contribution in [0, 0.1) is 0 Å². The molecule has 0 aromatic heterocycles. The van der Waals surface area contributed by atoms with Crippen LogP contribution in [-0.4, -0.2) is 74.3 Å². The Hall–Kier alpha value is -0.700. The summed E-state index contributed by atoms with van der Waals surface area (Å²) in [6, 6.07) is 6.19. The van der Waals surface area contributed by atoms with E-state index < -0.39 is 15.6 Å². The molecule has 0 radical (unpaired) electrons. The molecule has 2 saturated heterocycles. The fourth-order valence-corrected chi connectivity index (χ4v) is 4.80. The number of hydrogen-bond acceptors (Lipinski definition) is 5. The second kappa shape index (κ2) is 7.27. The van der Waals surface area contributed by atoms with Crippen molar-refractivity contribution in [3.05, 3.63) is 29.3 Å². The van der Waals surface area contributed by atoms with Gasteiger partial charge in [-0.3, -0.25) is 4.90 Å². The number of nitrogens with zero attached hydrogens (tertiary/aromatic N) is 2. The molecule has 0 spiro atoms. The monoisotopic (exact) mass is 374 g/mol. The molecule has 24 heavy (non-hydrogen) atoms. The van der Waals surface area contributed by atoms with Gasteiger partial charge in [-0.1, -0.05) is 11.6 Å². The number of morpholine rings is 1. The third-order valence-electron chi connectivity index (χ3n) is 4.73. The second-order valence-corrected chi connectivity index (χ2v) is 8.85. The molecular weight excluding hydrogens is 352 g/mol. The molecule has 2 heterocycles. The van der Waals surface area contributed by atoms with Crippen molar-refractivity contribution in [2.45, 2.75) is 23.3 Å². The first kappa shape index (κ1) is 18.1. The molecule has 0 bridgehead atoms. The Balaban J connectivity index is 1.62. The molecule has 3 rings (SSSR count). The standard InChI is InChI=1S/C16H23ClN2O4S/c17-14-1-3-15(4-2-14)24(21,22)19-7-5-16(20,6-8-19)13-18-9-11-23-12-10-18/h1-4,20H,5-13H2. The highest BCUT2D eigenvalue weighted by molar-refractivity contribution is 7.89. The summed E-state index contributed by atoms with van der Waals surface area (Å²) in [4.78, 5) is 2.43. The predicted octanol–water partition coefficient (Wildman–Crippen LogP) is 1.19. The molecule has 2 aliphatic heterocycles. The SMILES string of the molecule is O=S(=O)(c1ccc(Cl)cc1)N1CCC(O)(CN2CCOCC2)CC1. The average molecular weight is 375 g/mol. The van der Waals surface area contributed by atoms with Crippen molar-refractivity contribution in [1.29, 1.82) is 0 Å². The van der Waals surface area contributed by atoms with Gasteiger partial charge >= 0.3 is 0 Å². The van der Waals surface area contributed by atoms with Gasteiger partial charge in [-0.05, 0) is 37.1 Å². The molecule has 0 aliphatic carbocycles. The Morgan fingerprint density at radius 3 is 2.25 bits per heavy atom. The minimum Gasteiger partial charge on any atom is -0.388 e. The molecule has 1 aromatic rings. The highest BCUT2D eigenvalue weighted by Gasteiger charge is 2.38. The van der Waals surface area contributed by atoms with Gasteiger partial charge in [0.15, 0.2) is 0 Å². The van der Waals surface area contributed by atoms with Crippen molar-refractivity contribution in [1.82, 2.24) is 9.21 Å². The van der Waals surface area contributed by atoms with Crippen molar-refractivity contribution in [3.8, 4) is 0 Å². The van der Waals surface area contributed by atoms with E-state index in [4.69, 9.17) is 16.3 Å². The first-order valence-electron chi connectivity index (χ1n) is 8.17. The molecule has 6 nitrogen and oxygen atoms in total. The lowest BCUT2D eigenvalue weighted by molar-refractivity contribution is -0.0550. The molecule has 2 fully saturated rings. The van der Waals surface area contributed by atoms with E-state index in [0.29, 0.717) is 50.7 Å². The zero-order valence-corrected chi connectivity index (χ0v) is 15.1. The normalized spacial score (nSPS) is 23.2. The molecule has 0 atom stereocenters. The van der Waals surface area contributed by atoms with E-state index in [9.17, 15) is 13.5 Å². The summed E-state index contributed by atoms with van der Waals surface area (Å²) in [6.07, 6.45) is 0.883. The predicted molar refractivity (Wildman–Crippen MR) is 91.7 cm³/mol. The van der Waals surface area contributed by atoms with Gasteiger partial charge in [0.2, 0.25) is 10.0 Å². The fraction of sp³-hybridized carbons (Fsp3) is 0.625. The Morgan fingerprint density at radius 1 is 1.08 bits per heavy atom. The summed E-state index contributed by atoms with van der Waals surface area (Å²) in [5, 5.41) is 11.3. The minimum absolute atomic E-state index is 0.241. The number of piperidine rings is 1. The van der Waals surface area contributed by atoms with Gasteiger partial charge in [0.1, 0.15) is 0 Å². The smallest absolute Gasteiger partial charge is 0.243 e. The highest BCUT2D eigenvalue weighted by atomic mass is 35.5. The Morgan fingerprint density at radius 2 is 1.67 bits per heavy atom. The fourth-order valence-electron chi connectivity index (χ4n) is 3.23. The van der Waals surface area contributed by atoms with Gasteiger partial charge in [-0.15, -0.1) is 0 Å². The molecule has 1 N–H and O–H groups in total. The van der Waals surface area contributed by atoms with Crippen LogP contribution in [0.4, 0.5) is 0 Å². The number of ether oxygens (including phenoxy) is 1. The summed E-state index contributed by atoms with van der Waals surface area (Å²) in [5.41, 5.74) is -0.830. The van der Waals surface area contributed by atoms with Crippen LogP contribution in [-0.2, 0) is 14.8 Å². The van der Waals surface area contributed by atoms with Crippen molar-refractivity contribution >= 4 is 21.6 Å². The van der Waals surface area contributed by atoms with Crippen LogP contribution in [0.15, 0.2) is 29.2 Å². The van der Waals surface area contributed by atoms with Crippen molar-refractivity contribution in [2.75, 3.05) is 45.9 Å². The Bertz CT molecular complexity index is 651. The van der Waals surface area contributed by atoms with Crippen LogP contribution in [0.25, 0.3) is 0 Å². The number of halogens is 1. The van der Waals surface area contributed by atoms with Gasteiger partial charge in [0.05, 0.1) is 23.7 Å². The quantitative estimate of drug-likeness (QED) is 0.857. The largest absolute Gasteiger partial charge is 0.388 e. The van der Waals surface area contributed by atoms with Gasteiger partial charge in [-0.25, -0.2) is 8.42 Å². The van der Waals surface area contributed by atoms with Crippen LogP contribution >= 0.6 is 11.6 Å². The van der Waals surface area contributed by atoms with Gasteiger partial charge in [-0.2, -0.15) is 4.31 Å². The molecule has 0 saturated carbocycles. The average Bonchev–Trinajstić information content (AvgIpc) is 2.56. The van der Waals surface area contributed by atoms with Crippen molar-refractivity contribution in [3.63, 3.8) is 0 Å². The van der Waals surface area contributed by atoms with E-state index in [0.717, 1.165) is 13.1 Å². The lowest BCUT2D eigenvalue weighted by Crippen LogP contribution is -2.53. The van der Waals surface area contributed by atoms with E-state index >= 15 is 0 Å². The van der Waals surface area contributed by atoms with E-state index in [1.807, 2.05) is 0 Å². The Labute approximate surface area is 148 Å². The zero-order valence-electron chi connectivity index (χ0n) is 13.5. The summed E-state index contributed by atoms with van der Waals surface area (Å²) in [6.45, 7) is 4.23. The summed E-state index contributed by atoms with van der Waals surface area (Å²) < 4.78 is 32.1. The summed E-state index contributed by atoms with van der Waals surface area (Å²) >= 11 is 5.82. The van der Waals surface area contributed by atoms with Crippen LogP contribution in [0.1, 0.15) is 12.8 Å². The first-order valence-corrected chi connectivity index (χ1v) is 9.99. The molecule has 0 amide bonds. The number of β-amino-alcohol motifs (C(OH)–C–C–N with tert-alkyl or cyclic N) is 1. The number of benzene rings is 1. The van der Waals surface area contributed by atoms with E-state index in [1.165, 1.54) is 16.4 Å². The van der Waals surface area contributed by atoms with E-state index in [2.05, 4.69) is 4.90 Å². The second-order valence-electron chi connectivity index (χ2n) is 6.47. The van der Waals surface area contributed by atoms with E-state index in [1.54, 1.807) is 12.1 Å². The molecule has 134 valence electrons. The number of rotatable bonds is 4. The first-order chi connectivity index (χ1) is 11.4. The van der Waals surface area contributed by atoms with Crippen molar-refractivity contribution < 1.29 is 18.3 Å². The maximum atomic E-state index is 12.7. The molecule has 0 unspecified atom stereocenters. The van der Waals surface area contributed by atoms with E-state index in [-0.39, 0.29) is 4.90 Å². The maximum Gasteiger partial charge on any atom is 0.243 e. The van der Waals surface area contributed by atoms with Gasteiger partial charge in [0, 0.05) is 37.7 Å². The minimum atomic E-state index is -3.53. The highest BCUT2D eigenvalue weighted by Crippen LogP contribution is 2.28. The summed E-state index contributed by atoms with van der Waals surface area (Å²) in [5.74, 6) is 0. The molecular formula is C16H23ClN2O4S. The van der Waals surface area contributed by atoms with Gasteiger partial charge in [0.25, 0.3) is 0 Å². The molecule has 8 heteroatoms.